The van der Waals surface area contributed by atoms with E-state index in [2.05, 4.69) is 24.2 Å². The number of nitrogens with one attached hydrogen (secondary N) is 2. The van der Waals surface area contributed by atoms with Gasteiger partial charge in [0.1, 0.15) is 11.3 Å². The monoisotopic (exact) mass is 317 g/mol. The summed E-state index contributed by atoms with van der Waals surface area (Å²) in [6.07, 6.45) is 1.43. The van der Waals surface area contributed by atoms with Gasteiger partial charge in [-0.3, -0.25) is 4.79 Å². The van der Waals surface area contributed by atoms with Gasteiger partial charge in [-0.1, -0.05) is 44.2 Å². The molecule has 2 N–H and O–H groups in total. The fourth-order valence-electron chi connectivity index (χ4n) is 3.60. The fraction of sp³-hybridized carbons (Fsp3) is 0.238. The Kier molecular flexibility index (Phi) is 3.38. The summed E-state index contributed by atoms with van der Waals surface area (Å²) in [7, 11) is 0. The number of hydrogen-bond acceptors (Lipinski definition) is 2. The first-order valence-electron chi connectivity index (χ1n) is 8.36. The number of fused-ring (bicyclic) bond motifs is 1. The van der Waals surface area contributed by atoms with E-state index in [1.54, 1.807) is 0 Å². The molecule has 1 aliphatic carbocycles. The van der Waals surface area contributed by atoms with Crippen LogP contribution in [0.5, 0.6) is 0 Å². The summed E-state index contributed by atoms with van der Waals surface area (Å²) in [6.45, 7) is 4.31. The maximum atomic E-state index is 13.0. The largest absolute Gasteiger partial charge is 0.353 e. The molecule has 0 fully saturated rings. The lowest BCUT2D eigenvalue weighted by molar-refractivity contribution is -0.351. The number of carbonyl (C=O) groups is 1. The number of benzene rings is 2. The molecule has 24 heavy (non-hydrogen) atoms. The van der Waals surface area contributed by atoms with Gasteiger partial charge in [0.2, 0.25) is 11.4 Å². The molecule has 2 aromatic rings. The number of carbonyl (C=O) groups excluding carboxylic acids is 1. The van der Waals surface area contributed by atoms with E-state index < -0.39 is 0 Å². The maximum absolute atomic E-state index is 13.0. The summed E-state index contributed by atoms with van der Waals surface area (Å²) >= 11 is 0. The average Bonchev–Trinajstić information content (AvgIpc) is 2.70. The lowest BCUT2D eigenvalue weighted by Gasteiger charge is -2.31. The third kappa shape index (κ3) is 2.56. The molecule has 1 heterocycles. The molecule has 2 aromatic carbocycles. The molecule has 120 valence electrons. The summed E-state index contributed by atoms with van der Waals surface area (Å²) in [5, 5.41) is 3.52. The number of anilines is 1. The number of para-hydroxylation sites is 2. The van der Waals surface area contributed by atoms with Gasteiger partial charge in [0.15, 0.2) is 5.78 Å². The minimum atomic E-state index is -0.0238. The number of ketones is 1. The zero-order chi connectivity index (χ0) is 16.7. The van der Waals surface area contributed by atoms with Crippen molar-refractivity contribution in [1.29, 1.82) is 0 Å². The Bertz CT molecular complexity index is 876. The van der Waals surface area contributed by atoms with Crippen molar-refractivity contribution in [2.75, 3.05) is 5.32 Å². The van der Waals surface area contributed by atoms with Crippen molar-refractivity contribution in [2.24, 2.45) is 5.41 Å². The van der Waals surface area contributed by atoms with Gasteiger partial charge >= 0.3 is 0 Å². The SMILES string of the molecule is CC1(C)CC(=O)C2=C(C1)Nc1ccccc1[NH+]=C2c1ccccc1. The summed E-state index contributed by atoms with van der Waals surface area (Å²) in [5.74, 6) is 0.202. The number of Topliss-reactive ketones (excluding diaryl/α,β-unsaturated/α-hetero) is 1. The Labute approximate surface area is 142 Å². The zero-order valence-electron chi connectivity index (χ0n) is 14.0. The fourth-order valence-corrected chi connectivity index (χ4v) is 3.60. The molecule has 3 heteroatoms. The van der Waals surface area contributed by atoms with E-state index in [0.29, 0.717) is 6.42 Å². The van der Waals surface area contributed by atoms with Crippen molar-refractivity contribution in [2.45, 2.75) is 26.7 Å². The lowest BCUT2D eigenvalue weighted by atomic mass is 9.74. The minimum Gasteiger partial charge on any atom is -0.353 e. The first-order chi connectivity index (χ1) is 11.5. The normalized spacial score (nSPS) is 18.9. The van der Waals surface area contributed by atoms with Gasteiger partial charge < -0.3 is 5.32 Å². The van der Waals surface area contributed by atoms with Crippen molar-refractivity contribution >= 4 is 22.9 Å². The van der Waals surface area contributed by atoms with Crippen LogP contribution in [0.3, 0.4) is 0 Å². The quantitative estimate of drug-likeness (QED) is 0.849. The van der Waals surface area contributed by atoms with E-state index in [4.69, 9.17) is 0 Å². The maximum Gasteiger partial charge on any atom is 0.227 e. The van der Waals surface area contributed by atoms with Crippen LogP contribution in [0.1, 0.15) is 32.3 Å². The molecule has 4 rings (SSSR count). The summed E-state index contributed by atoms with van der Waals surface area (Å²) in [4.78, 5) is 16.5. The molecule has 0 atom stereocenters. The van der Waals surface area contributed by atoms with Crippen molar-refractivity contribution in [3.63, 3.8) is 0 Å². The van der Waals surface area contributed by atoms with Crippen LogP contribution in [-0.4, -0.2) is 11.5 Å². The number of hydrogen-bond donors (Lipinski definition) is 2. The van der Waals surface area contributed by atoms with E-state index in [-0.39, 0.29) is 11.2 Å². The molecule has 0 amide bonds. The highest BCUT2D eigenvalue weighted by Crippen LogP contribution is 2.39. The molecular formula is C21H21N2O+. The first kappa shape index (κ1) is 14.9. The van der Waals surface area contributed by atoms with Gasteiger partial charge in [-0.25, -0.2) is 4.99 Å². The highest BCUT2D eigenvalue weighted by Gasteiger charge is 2.39. The molecule has 3 nitrogen and oxygen atoms in total. The van der Waals surface area contributed by atoms with Crippen LogP contribution in [0.4, 0.5) is 11.4 Å². The van der Waals surface area contributed by atoms with E-state index in [9.17, 15) is 4.79 Å². The van der Waals surface area contributed by atoms with Crippen LogP contribution in [-0.2, 0) is 4.79 Å². The van der Waals surface area contributed by atoms with E-state index >= 15 is 0 Å². The molecule has 1 aliphatic heterocycles. The first-order valence-corrected chi connectivity index (χ1v) is 8.36. The predicted molar refractivity (Wildman–Crippen MR) is 96.3 cm³/mol. The van der Waals surface area contributed by atoms with Crippen molar-refractivity contribution in [3.8, 4) is 0 Å². The molecule has 2 aliphatic rings. The third-order valence-corrected chi connectivity index (χ3v) is 4.66. The Balaban J connectivity index is 1.97. The molecule has 0 unspecified atom stereocenters. The standard InChI is InChI=1S/C21H20N2O/c1-21(2)12-17-19(18(24)13-21)20(14-8-4-3-5-9-14)23-16-11-7-6-10-15(16)22-17/h3-11,22H,12-13H2,1-2H3/p+1. The molecule has 0 spiro atoms. The van der Waals surface area contributed by atoms with Crippen LogP contribution >= 0.6 is 0 Å². The molecular weight excluding hydrogens is 296 g/mol. The Morgan fingerprint density at radius 3 is 2.46 bits per heavy atom. The topological polar surface area (TPSA) is 43.1 Å². The van der Waals surface area contributed by atoms with Crippen LogP contribution in [0.2, 0.25) is 0 Å². The second kappa shape index (κ2) is 5.45. The predicted octanol–water partition coefficient (Wildman–Crippen LogP) is 2.96. The van der Waals surface area contributed by atoms with Crippen molar-refractivity contribution in [3.05, 3.63) is 71.4 Å². The van der Waals surface area contributed by atoms with Crippen LogP contribution in [0.25, 0.3) is 0 Å². The number of rotatable bonds is 1. The van der Waals surface area contributed by atoms with E-state index in [1.807, 2.05) is 54.6 Å². The molecule has 0 radical (unpaired) electrons. The van der Waals surface area contributed by atoms with Crippen molar-refractivity contribution < 1.29 is 9.79 Å². The molecule has 0 bridgehead atoms. The Morgan fingerprint density at radius 2 is 1.67 bits per heavy atom. The van der Waals surface area contributed by atoms with Crippen LogP contribution in [0, 0.1) is 5.41 Å². The second-order valence-corrected chi connectivity index (χ2v) is 7.33. The van der Waals surface area contributed by atoms with Gasteiger partial charge in [0, 0.05) is 23.7 Å². The molecule has 0 saturated heterocycles. The third-order valence-electron chi connectivity index (χ3n) is 4.66. The molecule has 0 saturated carbocycles. The number of allylic oxidation sites excluding steroid dienone is 2. The minimum absolute atomic E-state index is 0.0238. The van der Waals surface area contributed by atoms with Gasteiger partial charge in [0.25, 0.3) is 0 Å². The zero-order valence-corrected chi connectivity index (χ0v) is 14.0. The summed E-state index contributed by atoms with van der Waals surface area (Å²) < 4.78 is 0. The van der Waals surface area contributed by atoms with Gasteiger partial charge in [-0.15, -0.1) is 0 Å². The summed E-state index contributed by atoms with van der Waals surface area (Å²) in [5.41, 5.74) is 5.76. The second-order valence-electron chi connectivity index (χ2n) is 7.33. The highest BCUT2D eigenvalue weighted by atomic mass is 16.1. The van der Waals surface area contributed by atoms with Crippen LogP contribution in [0.15, 0.2) is 65.9 Å². The Morgan fingerprint density at radius 1 is 0.958 bits per heavy atom. The van der Waals surface area contributed by atoms with Gasteiger partial charge in [-0.2, -0.15) is 0 Å². The van der Waals surface area contributed by atoms with E-state index in [0.717, 1.165) is 40.3 Å². The van der Waals surface area contributed by atoms with Gasteiger partial charge in [0.05, 0.1) is 0 Å². The average molecular weight is 317 g/mol. The van der Waals surface area contributed by atoms with Gasteiger partial charge in [-0.05, 0) is 30.0 Å². The molecule has 0 aromatic heterocycles. The van der Waals surface area contributed by atoms with Crippen LogP contribution < -0.4 is 10.3 Å². The Hall–Kier alpha value is -2.68. The highest BCUT2D eigenvalue weighted by molar-refractivity contribution is 6.28. The lowest BCUT2D eigenvalue weighted by Crippen LogP contribution is -2.67. The smallest absolute Gasteiger partial charge is 0.227 e. The van der Waals surface area contributed by atoms with E-state index in [1.165, 1.54) is 0 Å². The summed E-state index contributed by atoms with van der Waals surface area (Å²) in [6, 6.07) is 18.2. The van der Waals surface area contributed by atoms with Crippen molar-refractivity contribution in [1.82, 2.24) is 0 Å².